The van der Waals surface area contributed by atoms with E-state index in [-0.39, 0.29) is 6.61 Å². The molecule has 9 N–H and O–H groups in total. The van der Waals surface area contributed by atoms with E-state index in [4.69, 9.17) is 28.4 Å². The second-order valence-corrected chi connectivity index (χ2v) is 11.7. The van der Waals surface area contributed by atoms with E-state index in [1.807, 2.05) is 0 Å². The number of aliphatic hydroxyl groups excluding tert-OH is 8. The Morgan fingerprint density at radius 3 is 1.91 bits per heavy atom. The first kappa shape index (κ1) is 37.4. The zero-order chi connectivity index (χ0) is 32.6. The van der Waals surface area contributed by atoms with Gasteiger partial charge in [-0.15, -0.1) is 0 Å². The fourth-order valence-corrected chi connectivity index (χ4v) is 5.59. The highest BCUT2D eigenvalue weighted by molar-refractivity contribution is 5.73. The maximum atomic E-state index is 12.2. The lowest BCUT2D eigenvalue weighted by molar-refractivity contribution is -0.381. The Hall–Kier alpha value is -1.09. The van der Waals surface area contributed by atoms with Crippen LogP contribution in [0.2, 0.25) is 0 Å². The molecule has 0 radical (unpaired) electrons. The van der Waals surface area contributed by atoms with Gasteiger partial charge in [-0.25, -0.2) is 0 Å². The number of aliphatic hydroxyl groups is 8. The Morgan fingerprint density at radius 1 is 0.682 bits per heavy atom. The van der Waals surface area contributed by atoms with E-state index in [0.29, 0.717) is 6.42 Å². The number of amides is 1. The molecule has 16 nitrogen and oxygen atoms in total. The highest BCUT2D eigenvalue weighted by Crippen LogP contribution is 2.33. The zero-order valence-electron chi connectivity index (χ0n) is 25.5. The van der Waals surface area contributed by atoms with E-state index in [1.165, 1.54) is 13.8 Å². The van der Waals surface area contributed by atoms with Crippen molar-refractivity contribution in [2.45, 2.75) is 151 Å². The molecular weight excluding hydrogens is 590 g/mol. The van der Waals surface area contributed by atoms with Gasteiger partial charge in [-0.05, 0) is 13.3 Å². The van der Waals surface area contributed by atoms with Gasteiger partial charge < -0.3 is 74.6 Å². The molecule has 1 amide bonds. The van der Waals surface area contributed by atoms with Crippen LogP contribution in [-0.2, 0) is 33.2 Å². The summed E-state index contributed by atoms with van der Waals surface area (Å²) in [4.78, 5) is 12.2. The molecule has 0 spiro atoms. The van der Waals surface area contributed by atoms with Gasteiger partial charge in [0.15, 0.2) is 18.9 Å². The maximum absolute atomic E-state index is 12.2. The van der Waals surface area contributed by atoms with Gasteiger partial charge in [-0.1, -0.05) is 39.0 Å². The van der Waals surface area contributed by atoms with Crippen molar-refractivity contribution in [1.29, 1.82) is 0 Å². The highest BCUT2D eigenvalue weighted by Gasteiger charge is 2.54. The van der Waals surface area contributed by atoms with Crippen LogP contribution in [0.1, 0.15) is 59.3 Å². The molecule has 0 aliphatic carbocycles. The fourth-order valence-electron chi connectivity index (χ4n) is 5.59. The van der Waals surface area contributed by atoms with Crippen molar-refractivity contribution in [2.75, 3.05) is 19.8 Å². The average Bonchev–Trinajstić information content (AvgIpc) is 2.99. The standard InChI is InChI=1S/C28H51NO15/c1-4-5-6-7-8-9-10-39-26-17(29-14(3)32)24(20(35)16(12-31)41-26)43-28-25(22(37)19(34)15(11-30)42-28)44-27-23(38)21(36)18(33)13(2)40-27/h13,15-28,30-31,33-38H,4-12H2,1-3H3,(H,29,32)/t13-,15+,16+,17+,18+,19-,20+,21+,22-,23-,24+,25+,26+,27-,28-/m0/s1. The minimum Gasteiger partial charge on any atom is -0.394 e. The molecule has 16 heteroatoms. The van der Waals surface area contributed by atoms with E-state index >= 15 is 0 Å². The summed E-state index contributed by atoms with van der Waals surface area (Å²) in [5.41, 5.74) is 0. The number of hydrogen-bond acceptors (Lipinski definition) is 15. The Labute approximate surface area is 256 Å². The third-order valence-electron chi connectivity index (χ3n) is 8.22. The molecule has 0 aromatic carbocycles. The number of carbonyl (C=O) groups is 1. The van der Waals surface area contributed by atoms with Crippen molar-refractivity contribution in [1.82, 2.24) is 5.32 Å². The molecule has 44 heavy (non-hydrogen) atoms. The maximum Gasteiger partial charge on any atom is 0.217 e. The summed E-state index contributed by atoms with van der Waals surface area (Å²) in [5.74, 6) is -0.517. The quantitative estimate of drug-likeness (QED) is 0.0808. The second kappa shape index (κ2) is 17.7. The summed E-state index contributed by atoms with van der Waals surface area (Å²) in [5, 5.41) is 85.8. The van der Waals surface area contributed by atoms with Crippen LogP contribution in [0.4, 0.5) is 0 Å². The lowest BCUT2D eigenvalue weighted by Crippen LogP contribution is -2.69. The molecule has 0 aromatic heterocycles. The van der Waals surface area contributed by atoms with Gasteiger partial charge in [0.05, 0.1) is 19.3 Å². The Bertz CT molecular complexity index is 856. The van der Waals surface area contributed by atoms with Crippen LogP contribution in [-0.4, -0.2) is 159 Å². The topological polar surface area (TPSA) is 246 Å². The van der Waals surface area contributed by atoms with Crippen LogP contribution in [0.5, 0.6) is 0 Å². The third-order valence-corrected chi connectivity index (χ3v) is 8.22. The number of unbranched alkanes of at least 4 members (excludes halogenated alkanes) is 5. The predicted octanol–water partition coefficient (Wildman–Crippen LogP) is -3.02. The molecule has 258 valence electrons. The Morgan fingerprint density at radius 2 is 1.27 bits per heavy atom. The number of nitrogens with one attached hydrogen (secondary N) is 1. The SMILES string of the molecule is CCCCCCCCO[C@@H]1O[C@H](CO)[C@@H](O)[C@H](O[C@@H]2O[C@H](CO)[C@H](O)[C@H](O)[C@H]2O[C@@H]2O[C@@H](C)[C@@H](O)[C@@H](O)[C@@H]2O)[C@H]1NC(C)=O. The summed E-state index contributed by atoms with van der Waals surface area (Å²) in [6, 6.07) is -1.15. The first-order chi connectivity index (χ1) is 20.9. The number of ether oxygens (including phenoxy) is 6. The van der Waals surface area contributed by atoms with Gasteiger partial charge in [0.1, 0.15) is 67.1 Å². The van der Waals surface area contributed by atoms with Crippen molar-refractivity contribution in [3.63, 3.8) is 0 Å². The molecule has 0 saturated carbocycles. The van der Waals surface area contributed by atoms with Crippen LogP contribution in [0.15, 0.2) is 0 Å². The van der Waals surface area contributed by atoms with Crippen molar-refractivity contribution in [3.8, 4) is 0 Å². The second-order valence-electron chi connectivity index (χ2n) is 11.7. The molecule has 3 saturated heterocycles. The van der Waals surface area contributed by atoms with Crippen molar-refractivity contribution in [2.24, 2.45) is 0 Å². The van der Waals surface area contributed by atoms with Crippen molar-refractivity contribution < 1.29 is 74.1 Å². The van der Waals surface area contributed by atoms with Crippen LogP contribution < -0.4 is 5.32 Å². The van der Waals surface area contributed by atoms with E-state index in [9.17, 15) is 45.6 Å². The van der Waals surface area contributed by atoms with Crippen LogP contribution in [0.3, 0.4) is 0 Å². The van der Waals surface area contributed by atoms with Crippen molar-refractivity contribution >= 4 is 5.91 Å². The Kier molecular flexibility index (Phi) is 15.1. The molecule has 0 unspecified atom stereocenters. The molecule has 0 aromatic rings. The fraction of sp³-hybridized carbons (Fsp3) is 0.964. The molecule has 3 rings (SSSR count). The smallest absolute Gasteiger partial charge is 0.217 e. The lowest BCUT2D eigenvalue weighted by atomic mass is 9.95. The third kappa shape index (κ3) is 9.25. The summed E-state index contributed by atoms with van der Waals surface area (Å²) < 4.78 is 34.7. The van der Waals surface area contributed by atoms with Gasteiger partial charge in [0.25, 0.3) is 0 Å². The normalized spacial score (nSPS) is 43.1. The van der Waals surface area contributed by atoms with Gasteiger partial charge >= 0.3 is 0 Å². The zero-order valence-corrected chi connectivity index (χ0v) is 25.5. The summed E-state index contributed by atoms with van der Waals surface area (Å²) in [6.07, 6.45) is -15.1. The minimum absolute atomic E-state index is 0.250. The molecular formula is C28H51NO15. The lowest BCUT2D eigenvalue weighted by Gasteiger charge is -2.49. The van der Waals surface area contributed by atoms with Gasteiger partial charge in [0, 0.05) is 13.5 Å². The molecule has 3 aliphatic heterocycles. The molecule has 3 fully saturated rings. The van der Waals surface area contributed by atoms with Crippen LogP contribution in [0.25, 0.3) is 0 Å². The van der Waals surface area contributed by atoms with E-state index in [2.05, 4.69) is 12.2 Å². The van der Waals surface area contributed by atoms with E-state index in [1.54, 1.807) is 0 Å². The predicted molar refractivity (Wildman–Crippen MR) is 149 cm³/mol. The van der Waals surface area contributed by atoms with E-state index < -0.39 is 111 Å². The molecule has 0 bridgehead atoms. The molecule has 3 aliphatic rings. The van der Waals surface area contributed by atoms with Crippen molar-refractivity contribution in [3.05, 3.63) is 0 Å². The summed E-state index contributed by atoms with van der Waals surface area (Å²) in [6.45, 7) is 3.64. The summed E-state index contributed by atoms with van der Waals surface area (Å²) in [7, 11) is 0. The first-order valence-electron chi connectivity index (χ1n) is 15.4. The number of carbonyl (C=O) groups excluding carboxylic acids is 1. The van der Waals surface area contributed by atoms with Gasteiger partial charge in [-0.3, -0.25) is 4.79 Å². The van der Waals surface area contributed by atoms with Gasteiger partial charge in [-0.2, -0.15) is 0 Å². The Balaban J connectivity index is 1.83. The van der Waals surface area contributed by atoms with Crippen LogP contribution in [0, 0.1) is 0 Å². The molecule has 3 heterocycles. The number of hydrogen-bond donors (Lipinski definition) is 9. The van der Waals surface area contributed by atoms with Crippen LogP contribution >= 0.6 is 0 Å². The minimum atomic E-state index is -1.80. The first-order valence-corrected chi connectivity index (χ1v) is 15.4. The van der Waals surface area contributed by atoms with E-state index in [0.717, 1.165) is 32.1 Å². The number of rotatable bonds is 15. The molecule has 15 atom stereocenters. The monoisotopic (exact) mass is 641 g/mol. The largest absolute Gasteiger partial charge is 0.394 e. The average molecular weight is 642 g/mol. The highest BCUT2D eigenvalue weighted by atomic mass is 16.8. The van der Waals surface area contributed by atoms with Gasteiger partial charge in [0.2, 0.25) is 5.91 Å². The summed E-state index contributed by atoms with van der Waals surface area (Å²) >= 11 is 0.